The molecule has 0 aliphatic rings. The Kier molecular flexibility index (Phi) is 5.88. The molecule has 1 aromatic rings. The number of nitrogens with two attached hydrogens (primary N) is 1. The standard InChI is InChI=1S/C14H23N3O3S/c1-14(2,17-21(3,19)20)10-16-13(18)9-12(15)11-7-5-4-6-8-11/h4-8,12,17H,9-10,15H2,1-3H3,(H,16,18). The van der Waals surface area contributed by atoms with Crippen LogP contribution in [0.1, 0.15) is 31.9 Å². The molecule has 0 bridgehead atoms. The molecule has 1 rings (SSSR count). The molecule has 1 amide bonds. The van der Waals surface area contributed by atoms with Gasteiger partial charge in [0.15, 0.2) is 0 Å². The Bertz CT molecular complexity index is 570. The summed E-state index contributed by atoms with van der Waals surface area (Å²) in [6.07, 6.45) is 1.24. The fourth-order valence-corrected chi connectivity index (χ4v) is 3.02. The van der Waals surface area contributed by atoms with E-state index in [1.165, 1.54) is 0 Å². The molecule has 0 heterocycles. The Morgan fingerprint density at radius 3 is 2.38 bits per heavy atom. The van der Waals surface area contributed by atoms with Gasteiger partial charge in [0, 0.05) is 24.5 Å². The first-order valence-electron chi connectivity index (χ1n) is 6.65. The van der Waals surface area contributed by atoms with E-state index in [-0.39, 0.29) is 24.9 Å². The van der Waals surface area contributed by atoms with Gasteiger partial charge in [0.1, 0.15) is 0 Å². The number of rotatable bonds is 7. The normalized spacial score (nSPS) is 13.7. The molecule has 0 saturated heterocycles. The second-order valence-corrected chi connectivity index (χ2v) is 7.50. The third-order valence-electron chi connectivity index (χ3n) is 2.82. The quantitative estimate of drug-likeness (QED) is 0.683. The summed E-state index contributed by atoms with van der Waals surface area (Å²) in [4.78, 5) is 11.9. The number of nitrogens with one attached hydrogen (secondary N) is 2. The van der Waals surface area contributed by atoms with Crippen LogP contribution in [0.3, 0.4) is 0 Å². The van der Waals surface area contributed by atoms with Crippen molar-refractivity contribution < 1.29 is 13.2 Å². The smallest absolute Gasteiger partial charge is 0.221 e. The Labute approximate surface area is 126 Å². The number of carbonyl (C=O) groups is 1. The van der Waals surface area contributed by atoms with E-state index >= 15 is 0 Å². The first kappa shape index (κ1) is 17.6. The zero-order valence-electron chi connectivity index (χ0n) is 12.6. The van der Waals surface area contributed by atoms with Crippen molar-refractivity contribution in [1.29, 1.82) is 0 Å². The van der Waals surface area contributed by atoms with Crippen LogP contribution in [0.4, 0.5) is 0 Å². The third-order valence-corrected chi connectivity index (χ3v) is 3.75. The molecule has 0 spiro atoms. The van der Waals surface area contributed by atoms with Gasteiger partial charge >= 0.3 is 0 Å². The molecule has 21 heavy (non-hydrogen) atoms. The molecule has 7 heteroatoms. The molecular formula is C14H23N3O3S. The van der Waals surface area contributed by atoms with Gasteiger partial charge in [-0.2, -0.15) is 0 Å². The maximum atomic E-state index is 11.9. The van der Waals surface area contributed by atoms with Crippen LogP contribution in [0.2, 0.25) is 0 Å². The van der Waals surface area contributed by atoms with Gasteiger partial charge in [0.2, 0.25) is 15.9 Å². The Morgan fingerprint density at radius 2 is 1.86 bits per heavy atom. The molecular weight excluding hydrogens is 290 g/mol. The Hall–Kier alpha value is -1.44. The summed E-state index contributed by atoms with van der Waals surface area (Å²) in [5, 5.41) is 2.70. The van der Waals surface area contributed by atoms with Crippen molar-refractivity contribution in [2.24, 2.45) is 5.73 Å². The highest BCUT2D eigenvalue weighted by Gasteiger charge is 2.23. The van der Waals surface area contributed by atoms with Gasteiger partial charge in [-0.3, -0.25) is 4.79 Å². The van der Waals surface area contributed by atoms with Crippen LogP contribution >= 0.6 is 0 Å². The van der Waals surface area contributed by atoms with Gasteiger partial charge in [-0.05, 0) is 19.4 Å². The van der Waals surface area contributed by atoms with E-state index in [9.17, 15) is 13.2 Å². The monoisotopic (exact) mass is 313 g/mol. The van der Waals surface area contributed by atoms with Crippen LogP contribution in [-0.4, -0.2) is 32.7 Å². The van der Waals surface area contributed by atoms with Gasteiger partial charge in [0.25, 0.3) is 0 Å². The molecule has 0 radical (unpaired) electrons. The van der Waals surface area contributed by atoms with E-state index in [1.54, 1.807) is 13.8 Å². The highest BCUT2D eigenvalue weighted by atomic mass is 32.2. The lowest BCUT2D eigenvalue weighted by Gasteiger charge is -2.25. The average Bonchev–Trinajstić information content (AvgIpc) is 2.35. The lowest BCUT2D eigenvalue weighted by Crippen LogP contribution is -2.51. The fraction of sp³-hybridized carbons (Fsp3) is 0.500. The predicted octanol–water partition coefficient (Wildman–Crippen LogP) is 0.521. The van der Waals surface area contributed by atoms with E-state index in [0.29, 0.717) is 0 Å². The van der Waals surface area contributed by atoms with Crippen LogP contribution < -0.4 is 15.8 Å². The number of amides is 1. The number of hydrogen-bond acceptors (Lipinski definition) is 4. The largest absolute Gasteiger partial charge is 0.354 e. The van der Waals surface area contributed by atoms with E-state index < -0.39 is 15.6 Å². The van der Waals surface area contributed by atoms with Crippen molar-refractivity contribution in [2.75, 3.05) is 12.8 Å². The molecule has 0 aromatic heterocycles. The number of sulfonamides is 1. The van der Waals surface area contributed by atoms with E-state index in [1.807, 2.05) is 30.3 Å². The van der Waals surface area contributed by atoms with Crippen LogP contribution in [0.5, 0.6) is 0 Å². The first-order chi connectivity index (χ1) is 9.59. The summed E-state index contributed by atoms with van der Waals surface area (Å²) in [5.41, 5.74) is 6.10. The average molecular weight is 313 g/mol. The molecule has 4 N–H and O–H groups in total. The summed E-state index contributed by atoms with van der Waals surface area (Å²) in [7, 11) is -3.32. The minimum atomic E-state index is -3.32. The van der Waals surface area contributed by atoms with Crippen molar-refractivity contribution in [1.82, 2.24) is 10.0 Å². The Morgan fingerprint density at radius 1 is 1.29 bits per heavy atom. The van der Waals surface area contributed by atoms with Crippen LogP contribution in [0.15, 0.2) is 30.3 Å². The molecule has 1 unspecified atom stereocenters. The minimum absolute atomic E-state index is 0.152. The van der Waals surface area contributed by atoms with Gasteiger partial charge in [0.05, 0.1) is 6.26 Å². The summed E-state index contributed by atoms with van der Waals surface area (Å²) in [6.45, 7) is 3.59. The van der Waals surface area contributed by atoms with E-state index in [4.69, 9.17) is 5.73 Å². The summed E-state index contributed by atoms with van der Waals surface area (Å²) in [5.74, 6) is -0.213. The predicted molar refractivity (Wildman–Crippen MR) is 83.1 cm³/mol. The van der Waals surface area contributed by atoms with Gasteiger partial charge in [-0.25, -0.2) is 13.1 Å². The van der Waals surface area contributed by atoms with Gasteiger partial charge < -0.3 is 11.1 Å². The summed E-state index contributed by atoms with van der Waals surface area (Å²) < 4.78 is 24.9. The van der Waals surface area contributed by atoms with Gasteiger partial charge in [-0.15, -0.1) is 0 Å². The molecule has 1 atom stereocenters. The third kappa shape index (κ3) is 7.22. The topological polar surface area (TPSA) is 101 Å². The van der Waals surface area contributed by atoms with Crippen molar-refractivity contribution >= 4 is 15.9 Å². The number of hydrogen-bond donors (Lipinski definition) is 3. The van der Waals surface area contributed by atoms with Crippen LogP contribution in [0.25, 0.3) is 0 Å². The molecule has 0 aliphatic carbocycles. The zero-order chi connectivity index (χ0) is 16.1. The zero-order valence-corrected chi connectivity index (χ0v) is 13.4. The van der Waals surface area contributed by atoms with E-state index in [0.717, 1.165) is 11.8 Å². The lowest BCUT2D eigenvalue weighted by molar-refractivity contribution is -0.121. The van der Waals surface area contributed by atoms with Gasteiger partial charge in [-0.1, -0.05) is 30.3 Å². The minimum Gasteiger partial charge on any atom is -0.354 e. The van der Waals surface area contributed by atoms with Crippen LogP contribution in [0, 0.1) is 0 Å². The number of carbonyl (C=O) groups excluding carboxylic acids is 1. The maximum Gasteiger partial charge on any atom is 0.221 e. The highest BCUT2D eigenvalue weighted by Crippen LogP contribution is 2.13. The van der Waals surface area contributed by atoms with Crippen LogP contribution in [-0.2, 0) is 14.8 Å². The van der Waals surface area contributed by atoms with Crippen molar-refractivity contribution in [2.45, 2.75) is 31.8 Å². The van der Waals surface area contributed by atoms with E-state index in [2.05, 4.69) is 10.0 Å². The van der Waals surface area contributed by atoms with Crippen molar-refractivity contribution in [3.8, 4) is 0 Å². The molecule has 118 valence electrons. The molecule has 0 aliphatic heterocycles. The second-order valence-electron chi connectivity index (χ2n) is 5.76. The maximum absolute atomic E-state index is 11.9. The first-order valence-corrected chi connectivity index (χ1v) is 8.54. The second kappa shape index (κ2) is 7.02. The molecule has 0 fully saturated rings. The summed E-state index contributed by atoms with van der Waals surface area (Å²) in [6, 6.07) is 8.98. The highest BCUT2D eigenvalue weighted by molar-refractivity contribution is 7.88. The SMILES string of the molecule is CC(C)(CNC(=O)CC(N)c1ccccc1)NS(C)(=O)=O. The Balaban J connectivity index is 2.48. The lowest BCUT2D eigenvalue weighted by atomic mass is 10.0. The summed E-state index contributed by atoms with van der Waals surface area (Å²) >= 11 is 0. The molecule has 6 nitrogen and oxygen atoms in total. The van der Waals surface area contributed by atoms with Crippen molar-refractivity contribution in [3.05, 3.63) is 35.9 Å². The number of benzene rings is 1. The molecule has 1 aromatic carbocycles. The molecule has 0 saturated carbocycles. The fourth-order valence-electron chi connectivity index (χ4n) is 1.95. The van der Waals surface area contributed by atoms with Crippen molar-refractivity contribution in [3.63, 3.8) is 0 Å².